The summed E-state index contributed by atoms with van der Waals surface area (Å²) >= 11 is 0. The van der Waals surface area contributed by atoms with Gasteiger partial charge in [0, 0.05) is 19.2 Å². The maximum atomic E-state index is 13.6. The fourth-order valence-corrected chi connectivity index (χ4v) is 1.92. The van der Waals surface area contributed by atoms with Gasteiger partial charge in [0.05, 0.1) is 11.0 Å². The number of anilines is 1. The second-order valence-electron chi connectivity index (χ2n) is 3.87. The number of hydrogen-bond acceptors (Lipinski definition) is 4. The molecule has 7 heteroatoms. The molecule has 0 aromatic heterocycles. The highest BCUT2D eigenvalue weighted by Crippen LogP contribution is 2.34. The van der Waals surface area contributed by atoms with Gasteiger partial charge in [-0.3, -0.25) is 10.1 Å². The van der Waals surface area contributed by atoms with Crippen LogP contribution in [0.5, 0.6) is 0 Å². The number of rotatable bonds is 2. The normalized spacial score (nSPS) is 19.7. The zero-order chi connectivity index (χ0) is 12.6. The minimum Gasteiger partial charge on any atom is -0.391 e. The molecule has 1 fully saturated rings. The lowest BCUT2D eigenvalue weighted by Gasteiger charge is -2.18. The van der Waals surface area contributed by atoms with Gasteiger partial charge in [0.15, 0.2) is 17.3 Å². The van der Waals surface area contributed by atoms with Crippen LogP contribution in [-0.2, 0) is 0 Å². The molecule has 0 saturated carbocycles. The third-order valence-corrected chi connectivity index (χ3v) is 2.72. The third kappa shape index (κ3) is 2.05. The predicted octanol–water partition coefficient (Wildman–Crippen LogP) is 1.44. The number of aliphatic hydroxyl groups is 1. The Morgan fingerprint density at radius 2 is 2.18 bits per heavy atom. The maximum Gasteiger partial charge on any atom is 0.295 e. The largest absolute Gasteiger partial charge is 0.391 e. The summed E-state index contributed by atoms with van der Waals surface area (Å²) < 4.78 is 26.7. The number of benzene rings is 1. The number of aliphatic hydroxyl groups excluding tert-OH is 1. The first kappa shape index (κ1) is 11.7. The van der Waals surface area contributed by atoms with Crippen molar-refractivity contribution in [3.05, 3.63) is 33.9 Å². The van der Waals surface area contributed by atoms with Crippen molar-refractivity contribution in [1.82, 2.24) is 0 Å². The molecule has 1 N–H and O–H groups in total. The van der Waals surface area contributed by atoms with Crippen molar-refractivity contribution in [2.75, 3.05) is 18.0 Å². The molecule has 17 heavy (non-hydrogen) atoms. The van der Waals surface area contributed by atoms with E-state index in [1.807, 2.05) is 0 Å². The van der Waals surface area contributed by atoms with Gasteiger partial charge >= 0.3 is 0 Å². The summed E-state index contributed by atoms with van der Waals surface area (Å²) in [4.78, 5) is 11.3. The van der Waals surface area contributed by atoms with Gasteiger partial charge in [-0.25, -0.2) is 8.78 Å². The number of nitrogens with zero attached hydrogens (tertiary/aromatic N) is 2. The van der Waals surface area contributed by atoms with E-state index in [0.29, 0.717) is 6.42 Å². The lowest BCUT2D eigenvalue weighted by Crippen LogP contribution is -2.23. The summed E-state index contributed by atoms with van der Waals surface area (Å²) in [6.07, 6.45) is -0.287. The highest BCUT2D eigenvalue weighted by molar-refractivity contribution is 5.65. The lowest BCUT2D eigenvalue weighted by molar-refractivity contribution is -0.384. The lowest BCUT2D eigenvalue weighted by atomic mass is 10.2. The molecule has 92 valence electrons. The average molecular weight is 244 g/mol. The van der Waals surface area contributed by atoms with E-state index in [9.17, 15) is 24.0 Å². The Morgan fingerprint density at radius 1 is 1.47 bits per heavy atom. The van der Waals surface area contributed by atoms with Gasteiger partial charge in [-0.2, -0.15) is 0 Å². The number of nitro groups is 1. The molecule has 0 bridgehead atoms. The van der Waals surface area contributed by atoms with Crippen LogP contribution in [-0.4, -0.2) is 29.2 Å². The quantitative estimate of drug-likeness (QED) is 0.631. The van der Waals surface area contributed by atoms with Gasteiger partial charge in [0.1, 0.15) is 0 Å². The van der Waals surface area contributed by atoms with E-state index >= 15 is 0 Å². The SMILES string of the molecule is O=[N+]([O-])c1ccc(F)c(F)c1N1CC[C@H](O)C1. The summed E-state index contributed by atoms with van der Waals surface area (Å²) in [5.74, 6) is -2.37. The Bertz CT molecular complexity index is 467. The summed E-state index contributed by atoms with van der Waals surface area (Å²) in [6.45, 7) is 0.337. The van der Waals surface area contributed by atoms with Crippen molar-refractivity contribution in [2.24, 2.45) is 0 Å². The smallest absolute Gasteiger partial charge is 0.295 e. The van der Waals surface area contributed by atoms with Gasteiger partial charge in [0.25, 0.3) is 5.69 Å². The molecule has 1 heterocycles. The molecule has 0 spiro atoms. The molecule has 0 unspecified atom stereocenters. The van der Waals surface area contributed by atoms with Crippen LogP contribution >= 0.6 is 0 Å². The molecule has 1 atom stereocenters. The van der Waals surface area contributed by atoms with Crippen LogP contribution in [0, 0.1) is 21.7 Å². The predicted molar refractivity (Wildman–Crippen MR) is 55.8 cm³/mol. The summed E-state index contributed by atoms with van der Waals surface area (Å²) in [7, 11) is 0. The molecule has 2 rings (SSSR count). The summed E-state index contributed by atoms with van der Waals surface area (Å²) in [5, 5.41) is 20.1. The van der Waals surface area contributed by atoms with Crippen molar-refractivity contribution < 1.29 is 18.8 Å². The van der Waals surface area contributed by atoms with Crippen molar-refractivity contribution in [1.29, 1.82) is 0 Å². The standard InChI is InChI=1S/C10H10F2N2O3/c11-7-1-2-8(14(16)17)10(9(7)12)13-4-3-6(15)5-13/h1-2,6,15H,3-5H2/t6-/m0/s1. The molecule has 1 saturated heterocycles. The average Bonchev–Trinajstić information content (AvgIpc) is 2.68. The summed E-state index contributed by atoms with van der Waals surface area (Å²) in [6, 6.07) is 1.65. The minimum atomic E-state index is -1.24. The highest BCUT2D eigenvalue weighted by atomic mass is 19.2. The van der Waals surface area contributed by atoms with Crippen molar-refractivity contribution in [2.45, 2.75) is 12.5 Å². The first-order valence-corrected chi connectivity index (χ1v) is 5.06. The molecule has 0 radical (unpaired) electrons. The van der Waals surface area contributed by atoms with Crippen LogP contribution in [0.4, 0.5) is 20.2 Å². The Kier molecular flexibility index (Phi) is 2.93. The number of halogens is 2. The van der Waals surface area contributed by atoms with Crippen LogP contribution in [0.3, 0.4) is 0 Å². The Hall–Kier alpha value is -1.76. The molecular formula is C10H10F2N2O3. The first-order chi connectivity index (χ1) is 8.00. The molecule has 1 aromatic rings. The molecule has 0 amide bonds. The second-order valence-corrected chi connectivity index (χ2v) is 3.87. The van der Waals surface area contributed by atoms with Gasteiger partial charge in [-0.05, 0) is 12.5 Å². The highest BCUT2D eigenvalue weighted by Gasteiger charge is 2.30. The number of nitro benzene ring substituents is 1. The minimum absolute atomic E-state index is 0.0706. The van der Waals surface area contributed by atoms with Gasteiger partial charge in [-0.1, -0.05) is 0 Å². The Labute approximate surface area is 95.4 Å². The van der Waals surface area contributed by atoms with E-state index in [0.717, 1.165) is 12.1 Å². The molecule has 0 aliphatic carbocycles. The summed E-state index contributed by atoms with van der Waals surface area (Å²) in [5.41, 5.74) is -0.871. The molecule has 5 nitrogen and oxygen atoms in total. The number of β-amino-alcohol motifs (C(OH)–C–C–N with tert-alkyl or cyclic N) is 1. The third-order valence-electron chi connectivity index (χ3n) is 2.72. The number of hydrogen-bond donors (Lipinski definition) is 1. The monoisotopic (exact) mass is 244 g/mol. The first-order valence-electron chi connectivity index (χ1n) is 5.06. The fourth-order valence-electron chi connectivity index (χ4n) is 1.92. The zero-order valence-electron chi connectivity index (χ0n) is 8.77. The van der Waals surface area contributed by atoms with Crippen LogP contribution < -0.4 is 4.90 Å². The van der Waals surface area contributed by atoms with Crippen molar-refractivity contribution >= 4 is 11.4 Å². The van der Waals surface area contributed by atoms with Gasteiger partial charge in [-0.15, -0.1) is 0 Å². The van der Waals surface area contributed by atoms with Gasteiger partial charge < -0.3 is 10.0 Å². The van der Waals surface area contributed by atoms with E-state index in [1.54, 1.807) is 0 Å². The maximum absolute atomic E-state index is 13.6. The van der Waals surface area contributed by atoms with E-state index in [2.05, 4.69) is 0 Å². The van der Waals surface area contributed by atoms with E-state index in [1.165, 1.54) is 4.90 Å². The molecule has 1 aromatic carbocycles. The fraction of sp³-hybridized carbons (Fsp3) is 0.400. The van der Waals surface area contributed by atoms with Crippen LogP contribution in [0.2, 0.25) is 0 Å². The van der Waals surface area contributed by atoms with E-state index in [-0.39, 0.29) is 18.8 Å². The van der Waals surface area contributed by atoms with Crippen molar-refractivity contribution in [3.8, 4) is 0 Å². The van der Waals surface area contributed by atoms with E-state index < -0.39 is 28.3 Å². The van der Waals surface area contributed by atoms with Crippen LogP contribution in [0.15, 0.2) is 12.1 Å². The Balaban J connectivity index is 2.49. The zero-order valence-corrected chi connectivity index (χ0v) is 8.77. The van der Waals surface area contributed by atoms with Crippen LogP contribution in [0.25, 0.3) is 0 Å². The topological polar surface area (TPSA) is 66.6 Å². The second kappa shape index (κ2) is 4.25. The Morgan fingerprint density at radius 3 is 2.71 bits per heavy atom. The van der Waals surface area contributed by atoms with Crippen molar-refractivity contribution in [3.63, 3.8) is 0 Å². The molecule has 1 aliphatic rings. The molecule has 1 aliphatic heterocycles. The molecular weight excluding hydrogens is 234 g/mol. The van der Waals surface area contributed by atoms with E-state index in [4.69, 9.17) is 0 Å². The van der Waals surface area contributed by atoms with Crippen LogP contribution in [0.1, 0.15) is 6.42 Å². The van der Waals surface area contributed by atoms with Gasteiger partial charge in [0.2, 0.25) is 0 Å².